The van der Waals surface area contributed by atoms with Crippen LogP contribution >= 0.6 is 0 Å². The molecule has 1 aromatic carbocycles. The van der Waals surface area contributed by atoms with Crippen LogP contribution in [0.5, 0.6) is 0 Å². The Kier molecular flexibility index (Phi) is 2.96. The Labute approximate surface area is 108 Å². The zero-order chi connectivity index (χ0) is 12.5. The molecule has 1 atom stereocenters. The Balaban J connectivity index is 1.89. The monoisotopic (exact) mass is 241 g/mol. The summed E-state index contributed by atoms with van der Waals surface area (Å²) in [4.78, 5) is 0. The Morgan fingerprint density at radius 1 is 1.28 bits per heavy atom. The topological polar surface area (TPSA) is 39.2 Å². The Bertz CT molecular complexity index is 540. The van der Waals surface area contributed by atoms with Gasteiger partial charge in [0.2, 0.25) is 0 Å². The summed E-state index contributed by atoms with van der Waals surface area (Å²) in [6.07, 6.45) is 5.70. The van der Waals surface area contributed by atoms with Gasteiger partial charge >= 0.3 is 0 Å². The Hall–Kier alpha value is -1.54. The summed E-state index contributed by atoms with van der Waals surface area (Å²) < 4.78 is 5.50. The van der Waals surface area contributed by atoms with Gasteiger partial charge in [-0.3, -0.25) is 0 Å². The number of furan rings is 1. The van der Waals surface area contributed by atoms with Crippen LogP contribution in [0.25, 0.3) is 0 Å². The molecule has 0 saturated heterocycles. The van der Waals surface area contributed by atoms with Crippen LogP contribution in [-0.2, 0) is 0 Å². The van der Waals surface area contributed by atoms with Crippen LogP contribution in [0.1, 0.15) is 53.7 Å². The summed E-state index contributed by atoms with van der Waals surface area (Å²) in [6.45, 7) is 2.04. The molecule has 1 aliphatic carbocycles. The first-order valence-electron chi connectivity index (χ1n) is 6.65. The molecular formula is C16H19NO. The third kappa shape index (κ3) is 1.97. The number of benzene rings is 1. The smallest absolute Gasteiger partial charge is 0.127 e. The molecule has 94 valence electrons. The number of rotatable bonds is 3. The van der Waals surface area contributed by atoms with E-state index < -0.39 is 0 Å². The first kappa shape index (κ1) is 11.5. The summed E-state index contributed by atoms with van der Waals surface area (Å²) in [6, 6.07) is 10.5. The zero-order valence-electron chi connectivity index (χ0n) is 10.7. The minimum Gasteiger partial charge on any atom is -0.467 e. The van der Waals surface area contributed by atoms with Gasteiger partial charge < -0.3 is 10.2 Å². The zero-order valence-corrected chi connectivity index (χ0v) is 10.7. The molecule has 0 aliphatic heterocycles. The van der Waals surface area contributed by atoms with Crippen molar-refractivity contribution in [3.63, 3.8) is 0 Å². The third-order valence-electron chi connectivity index (χ3n) is 4.03. The van der Waals surface area contributed by atoms with E-state index in [0.717, 1.165) is 22.8 Å². The number of hydrogen-bond donors (Lipinski definition) is 1. The van der Waals surface area contributed by atoms with E-state index in [4.69, 9.17) is 10.2 Å². The number of nitrogens with two attached hydrogens (primary N) is 1. The van der Waals surface area contributed by atoms with E-state index in [-0.39, 0.29) is 6.04 Å². The fourth-order valence-electron chi connectivity index (χ4n) is 2.60. The lowest BCUT2D eigenvalue weighted by atomic mass is 9.79. The molecule has 1 aliphatic rings. The van der Waals surface area contributed by atoms with Crippen molar-refractivity contribution in [3.8, 4) is 0 Å². The van der Waals surface area contributed by atoms with Crippen molar-refractivity contribution in [2.75, 3.05) is 0 Å². The highest BCUT2D eigenvalue weighted by atomic mass is 16.3. The molecule has 1 unspecified atom stereocenters. The quantitative estimate of drug-likeness (QED) is 0.885. The predicted octanol–water partition coefficient (Wildman–Crippen LogP) is 3.90. The van der Waals surface area contributed by atoms with E-state index in [0.29, 0.717) is 0 Å². The fourth-order valence-corrected chi connectivity index (χ4v) is 2.60. The average Bonchev–Trinajstić information content (AvgIpc) is 2.73. The van der Waals surface area contributed by atoms with Gasteiger partial charge in [0.25, 0.3) is 0 Å². The Morgan fingerprint density at radius 3 is 2.72 bits per heavy atom. The molecule has 0 spiro atoms. The summed E-state index contributed by atoms with van der Waals surface area (Å²) in [5.41, 5.74) is 10.00. The SMILES string of the molecule is Cc1ccoc1C(N)c1cccc(C2CCC2)c1. The van der Waals surface area contributed by atoms with Gasteiger partial charge in [-0.25, -0.2) is 0 Å². The third-order valence-corrected chi connectivity index (χ3v) is 4.03. The van der Waals surface area contributed by atoms with Crippen molar-refractivity contribution < 1.29 is 4.42 Å². The molecule has 0 bridgehead atoms. The van der Waals surface area contributed by atoms with Crippen LogP contribution in [0.4, 0.5) is 0 Å². The lowest BCUT2D eigenvalue weighted by Crippen LogP contribution is -2.14. The maximum atomic E-state index is 6.30. The molecule has 1 heterocycles. The number of hydrogen-bond acceptors (Lipinski definition) is 2. The second-order valence-electron chi connectivity index (χ2n) is 5.24. The average molecular weight is 241 g/mol. The van der Waals surface area contributed by atoms with Crippen LogP contribution in [-0.4, -0.2) is 0 Å². The molecule has 1 aromatic heterocycles. The van der Waals surface area contributed by atoms with Gasteiger partial charge in [0.05, 0.1) is 12.3 Å². The Morgan fingerprint density at radius 2 is 2.11 bits per heavy atom. The van der Waals surface area contributed by atoms with Gasteiger partial charge in [0.1, 0.15) is 5.76 Å². The molecule has 2 aromatic rings. The first-order valence-corrected chi connectivity index (χ1v) is 6.65. The molecular weight excluding hydrogens is 222 g/mol. The highest BCUT2D eigenvalue weighted by Gasteiger charge is 2.21. The molecule has 18 heavy (non-hydrogen) atoms. The van der Waals surface area contributed by atoms with Gasteiger partial charge in [-0.15, -0.1) is 0 Å². The molecule has 1 fully saturated rings. The maximum absolute atomic E-state index is 6.30. The summed E-state index contributed by atoms with van der Waals surface area (Å²) in [7, 11) is 0. The summed E-state index contributed by atoms with van der Waals surface area (Å²) in [5, 5.41) is 0. The van der Waals surface area contributed by atoms with Crippen molar-refractivity contribution in [2.24, 2.45) is 5.73 Å². The highest BCUT2D eigenvalue weighted by molar-refractivity contribution is 5.34. The first-order chi connectivity index (χ1) is 8.75. The number of aryl methyl sites for hydroxylation is 1. The molecule has 2 nitrogen and oxygen atoms in total. The summed E-state index contributed by atoms with van der Waals surface area (Å²) >= 11 is 0. The van der Waals surface area contributed by atoms with Crippen molar-refractivity contribution in [1.29, 1.82) is 0 Å². The minimum atomic E-state index is -0.153. The fraction of sp³-hybridized carbons (Fsp3) is 0.375. The molecule has 3 rings (SSSR count). The van der Waals surface area contributed by atoms with Gasteiger partial charge in [0.15, 0.2) is 0 Å². The predicted molar refractivity (Wildman–Crippen MR) is 72.5 cm³/mol. The second-order valence-corrected chi connectivity index (χ2v) is 5.24. The van der Waals surface area contributed by atoms with Crippen molar-refractivity contribution in [2.45, 2.75) is 38.1 Å². The van der Waals surface area contributed by atoms with E-state index in [1.807, 2.05) is 13.0 Å². The highest BCUT2D eigenvalue weighted by Crippen LogP contribution is 2.37. The normalized spacial score (nSPS) is 17.4. The van der Waals surface area contributed by atoms with Crippen LogP contribution in [0, 0.1) is 6.92 Å². The standard InChI is InChI=1S/C16H19NO/c1-11-8-9-18-16(11)15(17)14-7-3-6-13(10-14)12-4-2-5-12/h3,6-10,12,15H,2,4-5,17H2,1H3. The van der Waals surface area contributed by atoms with Crippen molar-refractivity contribution >= 4 is 0 Å². The minimum absolute atomic E-state index is 0.153. The van der Waals surface area contributed by atoms with Crippen LogP contribution in [0.3, 0.4) is 0 Å². The second kappa shape index (κ2) is 4.62. The van der Waals surface area contributed by atoms with Crippen molar-refractivity contribution in [1.82, 2.24) is 0 Å². The van der Waals surface area contributed by atoms with Gasteiger partial charge in [-0.2, -0.15) is 0 Å². The lowest BCUT2D eigenvalue weighted by molar-refractivity contribution is 0.419. The maximum Gasteiger partial charge on any atom is 0.127 e. The van der Waals surface area contributed by atoms with Gasteiger partial charge in [-0.1, -0.05) is 30.7 Å². The van der Waals surface area contributed by atoms with Crippen LogP contribution < -0.4 is 5.73 Å². The van der Waals surface area contributed by atoms with E-state index in [9.17, 15) is 0 Å². The molecule has 0 amide bonds. The van der Waals surface area contributed by atoms with Gasteiger partial charge in [0, 0.05) is 0 Å². The van der Waals surface area contributed by atoms with Crippen molar-refractivity contribution in [3.05, 3.63) is 59.0 Å². The van der Waals surface area contributed by atoms with Crippen LogP contribution in [0.15, 0.2) is 41.0 Å². The van der Waals surface area contributed by atoms with E-state index in [1.165, 1.54) is 24.8 Å². The van der Waals surface area contributed by atoms with Crippen LogP contribution in [0.2, 0.25) is 0 Å². The lowest BCUT2D eigenvalue weighted by Gasteiger charge is -2.26. The van der Waals surface area contributed by atoms with E-state index >= 15 is 0 Å². The van der Waals surface area contributed by atoms with Gasteiger partial charge in [-0.05, 0) is 48.4 Å². The molecule has 1 saturated carbocycles. The van der Waals surface area contributed by atoms with E-state index in [1.54, 1.807) is 6.26 Å². The summed E-state index contributed by atoms with van der Waals surface area (Å²) in [5.74, 6) is 1.62. The molecule has 2 heteroatoms. The molecule has 0 radical (unpaired) electrons. The molecule has 2 N–H and O–H groups in total. The van der Waals surface area contributed by atoms with E-state index in [2.05, 4.69) is 24.3 Å². The largest absolute Gasteiger partial charge is 0.467 e.